The van der Waals surface area contributed by atoms with Crippen LogP contribution in [-0.2, 0) is 4.74 Å². The molecule has 1 saturated heterocycles. The lowest BCUT2D eigenvalue weighted by Crippen LogP contribution is -2.69. The van der Waals surface area contributed by atoms with Gasteiger partial charge in [-0.25, -0.2) is 0 Å². The summed E-state index contributed by atoms with van der Waals surface area (Å²) in [6.45, 7) is 5.77. The molecule has 0 aromatic rings. The van der Waals surface area contributed by atoms with Crippen molar-refractivity contribution < 1.29 is 4.74 Å². The number of hydrogen-bond acceptors (Lipinski definition) is 2. The summed E-state index contributed by atoms with van der Waals surface area (Å²) in [7, 11) is 4.04. The normalized spacial score (nSPS) is 32.6. The molecule has 3 fully saturated rings. The summed E-state index contributed by atoms with van der Waals surface area (Å²) >= 11 is 0. The number of rotatable bonds is 5. The van der Waals surface area contributed by atoms with E-state index in [9.17, 15) is 0 Å². The van der Waals surface area contributed by atoms with Gasteiger partial charge in [0.05, 0.1) is 6.10 Å². The van der Waals surface area contributed by atoms with Gasteiger partial charge in [0.25, 0.3) is 0 Å². The van der Waals surface area contributed by atoms with Crippen LogP contribution in [0.15, 0.2) is 17.6 Å². The van der Waals surface area contributed by atoms with Gasteiger partial charge in [0, 0.05) is 44.6 Å². The number of fused-ring (bicyclic) bond motifs is 2. The fraction of sp³-hybridized carbons (Fsp3) is 0.833. The molecule has 0 aromatic carbocycles. The van der Waals surface area contributed by atoms with Crippen LogP contribution in [-0.4, -0.2) is 50.3 Å². The highest BCUT2D eigenvalue weighted by molar-refractivity contribution is 5.80. The summed E-state index contributed by atoms with van der Waals surface area (Å²) in [4.78, 5) is 6.78. The van der Waals surface area contributed by atoms with Crippen molar-refractivity contribution in [2.45, 2.75) is 57.1 Å². The third kappa shape index (κ3) is 2.55. The van der Waals surface area contributed by atoms with Crippen molar-refractivity contribution in [2.75, 3.05) is 27.2 Å². The van der Waals surface area contributed by atoms with Crippen molar-refractivity contribution in [3.05, 3.63) is 12.7 Å². The molecule has 22 heavy (non-hydrogen) atoms. The second-order valence-corrected chi connectivity index (χ2v) is 7.21. The smallest absolute Gasteiger partial charge is 0.193 e. The Kier molecular flexibility index (Phi) is 4.76. The Morgan fingerprint density at radius 1 is 1.45 bits per heavy atom. The number of guanidine groups is 1. The molecule has 1 heterocycles. The maximum absolute atomic E-state index is 6.07. The summed E-state index contributed by atoms with van der Waals surface area (Å²) in [6.07, 6.45) is 11.3. The van der Waals surface area contributed by atoms with Crippen LogP contribution in [0.3, 0.4) is 0 Å². The van der Waals surface area contributed by atoms with Gasteiger partial charge in [-0.3, -0.25) is 4.99 Å². The Balaban J connectivity index is 1.64. The van der Waals surface area contributed by atoms with Crippen molar-refractivity contribution in [3.8, 4) is 0 Å². The van der Waals surface area contributed by atoms with E-state index in [0.717, 1.165) is 32.0 Å². The van der Waals surface area contributed by atoms with Crippen molar-refractivity contribution in [1.29, 1.82) is 0 Å². The monoisotopic (exact) mass is 305 g/mol. The minimum absolute atomic E-state index is 0.388. The number of nitrogens with one attached hydrogen (secondary N) is 1. The van der Waals surface area contributed by atoms with Crippen LogP contribution >= 0.6 is 0 Å². The van der Waals surface area contributed by atoms with Gasteiger partial charge >= 0.3 is 0 Å². The van der Waals surface area contributed by atoms with Gasteiger partial charge < -0.3 is 15.0 Å². The molecular formula is C18H31N3O. The van der Waals surface area contributed by atoms with E-state index < -0.39 is 0 Å². The molecule has 1 aliphatic heterocycles. The number of allylic oxidation sites excluding steroid dienone is 1. The van der Waals surface area contributed by atoms with Gasteiger partial charge in [0.2, 0.25) is 0 Å². The SMILES string of the molecule is C=CCCCN(C)C(=NC)NC1C2CCOC2C12CCCC2. The highest BCUT2D eigenvalue weighted by Crippen LogP contribution is 2.60. The second-order valence-electron chi connectivity index (χ2n) is 7.21. The van der Waals surface area contributed by atoms with Crippen molar-refractivity contribution in [3.63, 3.8) is 0 Å². The first kappa shape index (κ1) is 15.9. The van der Waals surface area contributed by atoms with Gasteiger partial charge in [0.1, 0.15) is 0 Å². The van der Waals surface area contributed by atoms with E-state index in [-0.39, 0.29) is 0 Å². The summed E-state index contributed by atoms with van der Waals surface area (Å²) in [5, 5.41) is 3.80. The van der Waals surface area contributed by atoms with Crippen molar-refractivity contribution >= 4 is 5.96 Å². The number of unbranched alkanes of at least 4 members (excludes halogenated alkanes) is 1. The third-order valence-corrected chi connectivity index (χ3v) is 6.05. The quantitative estimate of drug-likeness (QED) is 0.367. The van der Waals surface area contributed by atoms with E-state index in [1.54, 1.807) is 0 Å². The molecule has 2 aliphatic carbocycles. The lowest BCUT2D eigenvalue weighted by Gasteiger charge is -2.57. The van der Waals surface area contributed by atoms with Gasteiger partial charge in [-0.1, -0.05) is 18.9 Å². The topological polar surface area (TPSA) is 36.9 Å². The molecule has 0 bridgehead atoms. The van der Waals surface area contributed by atoms with E-state index in [2.05, 4.69) is 28.8 Å². The zero-order valence-corrected chi connectivity index (χ0v) is 14.2. The minimum atomic E-state index is 0.388. The standard InChI is InChI=1S/C18H31N3O/c1-4-5-8-12-21(3)17(19-2)20-15-14-9-13-22-16(14)18(15)10-6-7-11-18/h4,14-16H,1,5-13H2,2-3H3,(H,19,20). The highest BCUT2D eigenvalue weighted by atomic mass is 16.5. The molecule has 3 atom stereocenters. The number of nitrogens with zero attached hydrogens (tertiary/aromatic N) is 2. The van der Waals surface area contributed by atoms with E-state index in [0.29, 0.717) is 23.5 Å². The van der Waals surface area contributed by atoms with Gasteiger partial charge in [-0.2, -0.15) is 0 Å². The zero-order chi connectivity index (χ0) is 15.6. The molecule has 0 radical (unpaired) electrons. The minimum Gasteiger partial charge on any atom is -0.377 e. The van der Waals surface area contributed by atoms with E-state index in [1.807, 2.05) is 13.1 Å². The molecule has 4 heteroatoms. The molecule has 3 rings (SSSR count). The number of aliphatic imine (C=N–C) groups is 1. The predicted octanol–water partition coefficient (Wildman–Crippen LogP) is 2.81. The first-order valence-corrected chi connectivity index (χ1v) is 8.90. The Morgan fingerprint density at radius 3 is 2.91 bits per heavy atom. The fourth-order valence-electron chi connectivity index (χ4n) is 4.97. The second kappa shape index (κ2) is 6.61. The summed E-state index contributed by atoms with van der Waals surface area (Å²) < 4.78 is 6.07. The molecule has 3 unspecified atom stereocenters. The molecule has 3 aliphatic rings. The predicted molar refractivity (Wildman–Crippen MR) is 91.1 cm³/mol. The average molecular weight is 305 g/mol. The highest BCUT2D eigenvalue weighted by Gasteiger charge is 2.65. The average Bonchev–Trinajstić information content (AvgIpc) is 3.16. The van der Waals surface area contributed by atoms with Crippen LogP contribution in [0, 0.1) is 11.3 Å². The Labute approximate surface area is 135 Å². The van der Waals surface area contributed by atoms with Crippen LogP contribution in [0.2, 0.25) is 0 Å². The maximum atomic E-state index is 6.07. The van der Waals surface area contributed by atoms with Gasteiger partial charge in [-0.15, -0.1) is 6.58 Å². The van der Waals surface area contributed by atoms with Crippen LogP contribution < -0.4 is 5.32 Å². The molecule has 4 nitrogen and oxygen atoms in total. The van der Waals surface area contributed by atoms with E-state index >= 15 is 0 Å². The third-order valence-electron chi connectivity index (χ3n) is 6.05. The first-order valence-electron chi connectivity index (χ1n) is 8.90. The van der Waals surface area contributed by atoms with Crippen molar-refractivity contribution in [2.24, 2.45) is 16.3 Å². The van der Waals surface area contributed by atoms with Crippen LogP contribution in [0.4, 0.5) is 0 Å². The Hall–Kier alpha value is -1.03. The summed E-state index contributed by atoms with van der Waals surface area (Å²) in [5.41, 5.74) is 0.388. The molecule has 1 spiro atoms. The van der Waals surface area contributed by atoms with Gasteiger partial charge in [0.15, 0.2) is 5.96 Å². The zero-order valence-electron chi connectivity index (χ0n) is 14.2. The van der Waals surface area contributed by atoms with Crippen LogP contribution in [0.5, 0.6) is 0 Å². The molecule has 1 N–H and O–H groups in total. The van der Waals surface area contributed by atoms with E-state index in [1.165, 1.54) is 32.1 Å². The summed E-state index contributed by atoms with van der Waals surface area (Å²) in [6, 6.07) is 0.558. The first-order chi connectivity index (χ1) is 10.7. The largest absolute Gasteiger partial charge is 0.377 e. The van der Waals surface area contributed by atoms with Gasteiger partial charge in [-0.05, 0) is 32.1 Å². The molecule has 2 saturated carbocycles. The fourth-order valence-corrected chi connectivity index (χ4v) is 4.97. The maximum Gasteiger partial charge on any atom is 0.193 e. The summed E-state index contributed by atoms with van der Waals surface area (Å²) in [5.74, 6) is 1.74. The molecule has 0 aromatic heterocycles. The van der Waals surface area contributed by atoms with Crippen LogP contribution in [0.1, 0.15) is 44.9 Å². The number of hydrogen-bond donors (Lipinski definition) is 1. The van der Waals surface area contributed by atoms with Crippen molar-refractivity contribution in [1.82, 2.24) is 10.2 Å². The lowest BCUT2D eigenvalue weighted by atomic mass is 9.54. The molecule has 124 valence electrons. The van der Waals surface area contributed by atoms with E-state index in [4.69, 9.17) is 4.74 Å². The number of ether oxygens (including phenoxy) is 1. The Morgan fingerprint density at radius 2 is 2.23 bits per heavy atom. The lowest BCUT2D eigenvalue weighted by molar-refractivity contribution is -0.125. The van der Waals surface area contributed by atoms with Crippen LogP contribution in [0.25, 0.3) is 0 Å². The molecular weight excluding hydrogens is 274 g/mol. The molecule has 0 amide bonds. The Bertz CT molecular complexity index is 428.